The van der Waals surface area contributed by atoms with Crippen molar-refractivity contribution >= 4 is 23.0 Å². The van der Waals surface area contributed by atoms with E-state index in [0.717, 1.165) is 60.5 Å². The fourth-order valence-corrected chi connectivity index (χ4v) is 4.22. The number of hydrogen-bond acceptors (Lipinski definition) is 7. The Morgan fingerprint density at radius 1 is 1.00 bits per heavy atom. The first-order valence-corrected chi connectivity index (χ1v) is 10.8. The fourth-order valence-electron chi connectivity index (χ4n) is 4.22. The van der Waals surface area contributed by atoms with Crippen LogP contribution in [0.1, 0.15) is 12.8 Å². The number of H-pyrrole nitrogens is 1. The van der Waals surface area contributed by atoms with Crippen LogP contribution in [0.25, 0.3) is 16.9 Å². The van der Waals surface area contributed by atoms with Crippen molar-refractivity contribution in [3.05, 3.63) is 49.3 Å². The molecule has 9 nitrogen and oxygen atoms in total. The highest BCUT2D eigenvalue weighted by Gasteiger charge is 2.26. The van der Waals surface area contributed by atoms with Gasteiger partial charge in [-0.3, -0.25) is 14.4 Å². The first-order chi connectivity index (χ1) is 15.3. The second-order valence-electron chi connectivity index (χ2n) is 8.36. The molecular weight excluding hydrogens is 390 g/mol. The van der Waals surface area contributed by atoms with Crippen LogP contribution in [0.2, 0.25) is 0 Å². The Morgan fingerprint density at radius 2 is 1.90 bits per heavy atom. The zero-order chi connectivity index (χ0) is 20.6. The molecule has 0 unspecified atom stereocenters. The zero-order valence-corrected chi connectivity index (χ0v) is 17.3. The molecule has 2 N–H and O–H groups in total. The van der Waals surface area contributed by atoms with Gasteiger partial charge in [0.25, 0.3) is 0 Å². The zero-order valence-electron chi connectivity index (χ0n) is 17.3. The largest absolute Gasteiger partial charge is 0.354 e. The lowest BCUT2D eigenvalue weighted by Crippen LogP contribution is -2.47. The van der Waals surface area contributed by atoms with Crippen molar-refractivity contribution in [3.8, 4) is 11.3 Å². The van der Waals surface area contributed by atoms with E-state index in [0.29, 0.717) is 5.82 Å². The topological polar surface area (TPSA) is 90.3 Å². The number of hydrogen-bond donors (Lipinski definition) is 2. The number of piperazine rings is 1. The van der Waals surface area contributed by atoms with E-state index in [4.69, 9.17) is 4.98 Å². The van der Waals surface area contributed by atoms with E-state index in [1.54, 1.807) is 12.4 Å². The summed E-state index contributed by atoms with van der Waals surface area (Å²) in [5.74, 6) is 2.69. The molecule has 2 fully saturated rings. The number of nitrogens with one attached hydrogen (secondary N) is 2. The van der Waals surface area contributed by atoms with Crippen molar-refractivity contribution in [3.63, 3.8) is 0 Å². The highest BCUT2D eigenvalue weighted by atomic mass is 15.3. The number of pyridine rings is 1. The summed E-state index contributed by atoms with van der Waals surface area (Å²) in [5, 5.41) is 10.2. The van der Waals surface area contributed by atoms with Crippen molar-refractivity contribution < 1.29 is 0 Å². The van der Waals surface area contributed by atoms with Gasteiger partial charge in [-0.25, -0.2) is 15.0 Å². The maximum Gasteiger partial charge on any atom is 0.180 e. The van der Waals surface area contributed by atoms with E-state index in [1.807, 2.05) is 29.2 Å². The van der Waals surface area contributed by atoms with Gasteiger partial charge >= 0.3 is 0 Å². The second-order valence-corrected chi connectivity index (χ2v) is 8.36. The predicted octanol–water partition coefficient (Wildman–Crippen LogP) is 2.79. The third-order valence-corrected chi connectivity index (χ3v) is 6.14. The summed E-state index contributed by atoms with van der Waals surface area (Å²) in [6.45, 7) is 5.61. The molecule has 0 bridgehead atoms. The molecule has 158 valence electrons. The lowest BCUT2D eigenvalue weighted by molar-refractivity contribution is 0.247. The van der Waals surface area contributed by atoms with Gasteiger partial charge in [0.2, 0.25) is 0 Å². The quantitative estimate of drug-likeness (QED) is 0.500. The molecule has 0 amide bonds. The summed E-state index contributed by atoms with van der Waals surface area (Å²) in [5.41, 5.74) is 3.55. The maximum atomic E-state index is 4.70. The van der Waals surface area contributed by atoms with Crippen molar-refractivity contribution in [2.24, 2.45) is 5.92 Å². The van der Waals surface area contributed by atoms with Crippen LogP contribution >= 0.6 is 0 Å². The number of fused-ring (bicyclic) bond motifs is 1. The van der Waals surface area contributed by atoms with Crippen LogP contribution in [0, 0.1) is 5.92 Å². The van der Waals surface area contributed by atoms with Crippen LogP contribution in [0.5, 0.6) is 0 Å². The molecule has 31 heavy (non-hydrogen) atoms. The maximum absolute atomic E-state index is 4.70. The van der Waals surface area contributed by atoms with E-state index in [2.05, 4.69) is 47.4 Å². The fraction of sp³-hybridized carbons (Fsp3) is 0.364. The van der Waals surface area contributed by atoms with Gasteiger partial charge in [0, 0.05) is 56.9 Å². The molecule has 1 saturated carbocycles. The molecule has 4 aromatic heterocycles. The second kappa shape index (κ2) is 7.66. The van der Waals surface area contributed by atoms with Gasteiger partial charge in [0.1, 0.15) is 5.82 Å². The normalized spacial score (nSPS) is 17.4. The molecule has 2 aliphatic rings. The molecule has 9 heteroatoms. The van der Waals surface area contributed by atoms with Crippen LogP contribution in [-0.2, 0) is 0 Å². The molecule has 0 radical (unpaired) electrons. The third kappa shape index (κ3) is 3.72. The predicted molar refractivity (Wildman–Crippen MR) is 119 cm³/mol. The number of rotatable bonds is 6. The van der Waals surface area contributed by atoms with Crippen LogP contribution in [0.4, 0.5) is 17.3 Å². The molecule has 1 aliphatic heterocycles. The number of imidazole rings is 1. The summed E-state index contributed by atoms with van der Waals surface area (Å²) in [7, 11) is 0. The van der Waals surface area contributed by atoms with E-state index in [-0.39, 0.29) is 0 Å². The Balaban J connectivity index is 1.16. The van der Waals surface area contributed by atoms with Gasteiger partial charge in [-0.05, 0) is 30.9 Å². The minimum atomic E-state index is 0.695. The van der Waals surface area contributed by atoms with Gasteiger partial charge < -0.3 is 10.2 Å². The average molecular weight is 416 g/mol. The smallest absolute Gasteiger partial charge is 0.180 e. The molecule has 1 saturated heterocycles. The van der Waals surface area contributed by atoms with E-state index < -0.39 is 0 Å². The van der Waals surface area contributed by atoms with Crippen LogP contribution in [-0.4, -0.2) is 67.2 Å². The Bertz CT molecular complexity index is 1150. The highest BCUT2D eigenvalue weighted by molar-refractivity contribution is 5.73. The number of aromatic nitrogens is 6. The summed E-state index contributed by atoms with van der Waals surface area (Å²) in [4.78, 5) is 18.8. The molecule has 1 aliphatic carbocycles. The summed E-state index contributed by atoms with van der Waals surface area (Å²) < 4.78 is 2.00. The van der Waals surface area contributed by atoms with Gasteiger partial charge in [0.05, 0.1) is 30.0 Å². The molecule has 6 rings (SSSR count). The standard InChI is InChI=1S/C22H25N9/c1-2-16(1)15-29-7-9-30(10-8-29)20-4-3-18(13-24-20)28-21-22-23-5-6-31(22)19(14-25-21)17-11-26-27-12-17/h3-6,11-14,16H,1-2,7-10,15H2,(H,25,28)(H,26,27). The van der Waals surface area contributed by atoms with Crippen molar-refractivity contribution in [1.29, 1.82) is 0 Å². The first-order valence-electron chi connectivity index (χ1n) is 10.8. The van der Waals surface area contributed by atoms with Crippen molar-refractivity contribution in [1.82, 2.24) is 34.4 Å². The molecule has 4 aromatic rings. The average Bonchev–Trinajstić information content (AvgIpc) is 3.26. The number of aromatic amines is 1. The van der Waals surface area contributed by atoms with Crippen LogP contribution in [0.15, 0.2) is 49.3 Å². The lowest BCUT2D eigenvalue weighted by atomic mass is 10.2. The van der Waals surface area contributed by atoms with Gasteiger partial charge in [-0.1, -0.05) is 0 Å². The summed E-state index contributed by atoms with van der Waals surface area (Å²) >= 11 is 0. The summed E-state index contributed by atoms with van der Waals surface area (Å²) in [6.07, 6.45) is 13.9. The molecular formula is C22H25N9. The van der Waals surface area contributed by atoms with Gasteiger partial charge in [0.15, 0.2) is 11.5 Å². The summed E-state index contributed by atoms with van der Waals surface area (Å²) in [6, 6.07) is 4.14. The van der Waals surface area contributed by atoms with E-state index in [9.17, 15) is 0 Å². The van der Waals surface area contributed by atoms with Gasteiger partial charge in [-0.15, -0.1) is 0 Å². The molecule has 5 heterocycles. The van der Waals surface area contributed by atoms with E-state index in [1.165, 1.54) is 19.4 Å². The number of anilines is 3. The Morgan fingerprint density at radius 3 is 2.65 bits per heavy atom. The minimum absolute atomic E-state index is 0.695. The third-order valence-electron chi connectivity index (χ3n) is 6.14. The van der Waals surface area contributed by atoms with Crippen molar-refractivity contribution in [2.45, 2.75) is 12.8 Å². The Kier molecular flexibility index (Phi) is 4.53. The molecule has 0 spiro atoms. The van der Waals surface area contributed by atoms with Crippen molar-refractivity contribution in [2.75, 3.05) is 42.9 Å². The molecule has 0 atom stereocenters. The van der Waals surface area contributed by atoms with E-state index >= 15 is 0 Å². The Labute approximate surface area is 180 Å². The monoisotopic (exact) mass is 415 g/mol. The molecule has 0 aromatic carbocycles. The SMILES string of the molecule is c1cn2c(-c3cn[nH]c3)cnc(Nc3ccc(N4CCN(CC5CC5)CC4)nc3)c2n1. The minimum Gasteiger partial charge on any atom is -0.354 e. The van der Waals surface area contributed by atoms with Crippen LogP contribution in [0.3, 0.4) is 0 Å². The number of nitrogens with zero attached hydrogens (tertiary/aromatic N) is 7. The Hall–Kier alpha value is -3.46. The lowest BCUT2D eigenvalue weighted by Gasteiger charge is -2.35. The first kappa shape index (κ1) is 18.3. The highest BCUT2D eigenvalue weighted by Crippen LogP contribution is 2.30. The van der Waals surface area contributed by atoms with Crippen LogP contribution < -0.4 is 10.2 Å². The van der Waals surface area contributed by atoms with Gasteiger partial charge in [-0.2, -0.15) is 5.10 Å².